The molecule has 2 rings (SSSR count). The highest BCUT2D eigenvalue weighted by molar-refractivity contribution is 9.10. The first kappa shape index (κ1) is 15.6. The third-order valence-electron chi connectivity index (χ3n) is 2.75. The second-order valence-electron chi connectivity index (χ2n) is 4.32. The Balaban J connectivity index is 2.03. The minimum Gasteiger partial charge on any atom is -0.469 e. The second-order valence-corrected chi connectivity index (χ2v) is 5.17. The topological polar surface area (TPSA) is 42.2 Å². The molecule has 1 amide bonds. The molecule has 7 heteroatoms. The fourth-order valence-electron chi connectivity index (χ4n) is 1.70. The normalized spacial score (nSPS) is 11.4. The van der Waals surface area contributed by atoms with Gasteiger partial charge in [0, 0.05) is 17.3 Å². The van der Waals surface area contributed by atoms with Gasteiger partial charge in [-0.2, -0.15) is 13.2 Å². The molecule has 0 radical (unpaired) electrons. The molecule has 0 bridgehead atoms. The Kier molecular flexibility index (Phi) is 4.72. The minimum absolute atomic E-state index is 0.0919. The minimum atomic E-state index is -4.45. The monoisotopic (exact) mass is 361 g/mol. The van der Waals surface area contributed by atoms with Crippen LogP contribution in [0.25, 0.3) is 0 Å². The number of amides is 1. The fraction of sp³-hybridized carbons (Fsp3) is 0.214. The molecule has 0 fully saturated rings. The van der Waals surface area contributed by atoms with Gasteiger partial charge in [-0.05, 0) is 46.3 Å². The predicted octanol–water partition coefficient (Wildman–Crippen LogP) is 4.63. The van der Waals surface area contributed by atoms with E-state index in [0.29, 0.717) is 16.7 Å². The van der Waals surface area contributed by atoms with Crippen LogP contribution in [0, 0.1) is 0 Å². The summed E-state index contributed by atoms with van der Waals surface area (Å²) >= 11 is 3.11. The number of anilines is 1. The zero-order valence-corrected chi connectivity index (χ0v) is 12.3. The highest BCUT2D eigenvalue weighted by Gasteiger charge is 2.31. The summed E-state index contributed by atoms with van der Waals surface area (Å²) in [6.45, 7) is 0. The number of alkyl halides is 3. The molecule has 112 valence electrons. The van der Waals surface area contributed by atoms with E-state index in [-0.39, 0.29) is 18.0 Å². The molecular formula is C14H11BrF3NO2. The Hall–Kier alpha value is -1.76. The summed E-state index contributed by atoms with van der Waals surface area (Å²) in [5.74, 6) is 0.264. The fourth-order valence-corrected chi connectivity index (χ4v) is 2.05. The number of hydrogen-bond donors (Lipinski definition) is 1. The van der Waals surface area contributed by atoms with Crippen molar-refractivity contribution < 1.29 is 22.4 Å². The average Bonchev–Trinajstić information content (AvgIpc) is 2.91. The lowest BCUT2D eigenvalue weighted by atomic mass is 10.2. The van der Waals surface area contributed by atoms with Crippen LogP contribution in [-0.2, 0) is 17.4 Å². The van der Waals surface area contributed by atoms with Crippen molar-refractivity contribution in [2.45, 2.75) is 19.0 Å². The Morgan fingerprint density at radius 3 is 2.67 bits per heavy atom. The number of hydrogen-bond acceptors (Lipinski definition) is 2. The maximum Gasteiger partial charge on any atom is 0.416 e. The highest BCUT2D eigenvalue weighted by Crippen LogP contribution is 2.34. The van der Waals surface area contributed by atoms with E-state index < -0.39 is 11.7 Å². The van der Waals surface area contributed by atoms with Gasteiger partial charge in [0.2, 0.25) is 5.91 Å². The van der Waals surface area contributed by atoms with E-state index in [1.54, 1.807) is 12.1 Å². The van der Waals surface area contributed by atoms with Crippen molar-refractivity contribution in [1.82, 2.24) is 0 Å². The van der Waals surface area contributed by atoms with Gasteiger partial charge in [0.1, 0.15) is 5.76 Å². The van der Waals surface area contributed by atoms with Crippen molar-refractivity contribution in [1.29, 1.82) is 0 Å². The van der Waals surface area contributed by atoms with E-state index in [1.165, 1.54) is 12.3 Å². The van der Waals surface area contributed by atoms with Crippen LogP contribution in [0.2, 0.25) is 0 Å². The number of rotatable bonds is 4. The number of nitrogens with one attached hydrogen (secondary N) is 1. The third kappa shape index (κ3) is 4.35. The molecule has 0 aliphatic carbocycles. The van der Waals surface area contributed by atoms with E-state index in [4.69, 9.17) is 4.42 Å². The number of furan rings is 1. The van der Waals surface area contributed by atoms with Crippen LogP contribution in [0.15, 0.2) is 45.5 Å². The first-order valence-corrected chi connectivity index (χ1v) is 6.84. The highest BCUT2D eigenvalue weighted by atomic mass is 79.9. The predicted molar refractivity (Wildman–Crippen MR) is 74.8 cm³/mol. The van der Waals surface area contributed by atoms with Crippen LogP contribution < -0.4 is 5.32 Å². The molecule has 21 heavy (non-hydrogen) atoms. The summed E-state index contributed by atoms with van der Waals surface area (Å²) in [5, 5.41) is 2.46. The molecule has 0 spiro atoms. The summed E-state index contributed by atoms with van der Waals surface area (Å²) in [6.07, 6.45) is -2.45. The molecule has 0 unspecified atom stereocenters. The molecule has 0 atom stereocenters. The van der Waals surface area contributed by atoms with Crippen molar-refractivity contribution in [3.8, 4) is 0 Å². The molecule has 0 saturated heterocycles. The molecule has 1 aromatic carbocycles. The molecule has 0 saturated carbocycles. The number of carbonyl (C=O) groups excluding carboxylic acids is 1. The summed E-state index contributed by atoms with van der Waals surface area (Å²) in [6, 6.07) is 6.53. The maximum atomic E-state index is 12.6. The van der Waals surface area contributed by atoms with Gasteiger partial charge in [0.05, 0.1) is 17.5 Å². The second kappa shape index (κ2) is 6.34. The van der Waals surface area contributed by atoms with Crippen LogP contribution in [0.5, 0.6) is 0 Å². The standard InChI is InChI=1S/C14H11BrF3NO2/c15-11-5-3-9(14(16,17)18)8-12(11)19-13(20)6-4-10-2-1-7-21-10/h1-3,5,7-8H,4,6H2,(H,19,20). The van der Waals surface area contributed by atoms with Crippen molar-refractivity contribution in [2.75, 3.05) is 5.32 Å². The molecule has 3 nitrogen and oxygen atoms in total. The summed E-state index contributed by atoms with van der Waals surface area (Å²) in [4.78, 5) is 11.8. The largest absolute Gasteiger partial charge is 0.469 e. The smallest absolute Gasteiger partial charge is 0.416 e. The molecule has 1 heterocycles. The third-order valence-corrected chi connectivity index (χ3v) is 3.44. The van der Waals surface area contributed by atoms with Crippen molar-refractivity contribution in [3.63, 3.8) is 0 Å². The van der Waals surface area contributed by atoms with E-state index in [2.05, 4.69) is 21.2 Å². The average molecular weight is 362 g/mol. The molecule has 1 N–H and O–H groups in total. The van der Waals surface area contributed by atoms with E-state index in [1.807, 2.05) is 0 Å². The Labute approximate surface area is 127 Å². The quantitative estimate of drug-likeness (QED) is 0.862. The number of aryl methyl sites for hydroxylation is 1. The van der Waals surface area contributed by atoms with Gasteiger partial charge in [0.25, 0.3) is 0 Å². The van der Waals surface area contributed by atoms with E-state index >= 15 is 0 Å². The van der Waals surface area contributed by atoms with Crippen LogP contribution >= 0.6 is 15.9 Å². The van der Waals surface area contributed by atoms with Crippen molar-refractivity contribution in [3.05, 3.63) is 52.4 Å². The Morgan fingerprint density at radius 1 is 1.29 bits per heavy atom. The lowest BCUT2D eigenvalue weighted by Gasteiger charge is -2.11. The van der Waals surface area contributed by atoms with Gasteiger partial charge < -0.3 is 9.73 Å². The van der Waals surface area contributed by atoms with Crippen LogP contribution in [0.4, 0.5) is 18.9 Å². The molecule has 2 aromatic rings. The lowest BCUT2D eigenvalue weighted by Crippen LogP contribution is -2.14. The number of carbonyl (C=O) groups is 1. The van der Waals surface area contributed by atoms with Gasteiger partial charge >= 0.3 is 6.18 Å². The Bertz CT molecular complexity index is 624. The maximum absolute atomic E-state index is 12.6. The van der Waals surface area contributed by atoms with Crippen molar-refractivity contribution >= 4 is 27.5 Å². The summed E-state index contributed by atoms with van der Waals surface area (Å²) in [5.41, 5.74) is -0.721. The molecule has 1 aromatic heterocycles. The first-order valence-electron chi connectivity index (χ1n) is 6.05. The van der Waals surface area contributed by atoms with Gasteiger partial charge in [0.15, 0.2) is 0 Å². The van der Waals surface area contributed by atoms with Gasteiger partial charge in [-0.1, -0.05) is 0 Å². The molecule has 0 aliphatic heterocycles. The van der Waals surface area contributed by atoms with Crippen LogP contribution in [0.3, 0.4) is 0 Å². The van der Waals surface area contributed by atoms with Crippen LogP contribution in [-0.4, -0.2) is 5.91 Å². The summed E-state index contributed by atoms with van der Waals surface area (Å²) < 4.78 is 43.4. The molecule has 0 aliphatic rings. The lowest BCUT2D eigenvalue weighted by molar-refractivity contribution is -0.137. The zero-order valence-electron chi connectivity index (χ0n) is 10.7. The zero-order chi connectivity index (χ0) is 15.5. The van der Waals surface area contributed by atoms with Crippen LogP contribution in [0.1, 0.15) is 17.7 Å². The van der Waals surface area contributed by atoms with Gasteiger partial charge in [-0.15, -0.1) is 0 Å². The Morgan fingerprint density at radius 2 is 2.05 bits per heavy atom. The van der Waals surface area contributed by atoms with Gasteiger partial charge in [-0.3, -0.25) is 4.79 Å². The van der Waals surface area contributed by atoms with E-state index in [0.717, 1.165) is 12.1 Å². The first-order chi connectivity index (χ1) is 9.86. The summed E-state index contributed by atoms with van der Waals surface area (Å²) in [7, 11) is 0. The SMILES string of the molecule is O=C(CCc1ccco1)Nc1cc(C(F)(F)F)ccc1Br. The van der Waals surface area contributed by atoms with E-state index in [9.17, 15) is 18.0 Å². The number of halogens is 4. The van der Waals surface area contributed by atoms with Gasteiger partial charge in [-0.25, -0.2) is 0 Å². The van der Waals surface area contributed by atoms with Crippen molar-refractivity contribution in [2.24, 2.45) is 0 Å². The molecular weight excluding hydrogens is 351 g/mol. The number of benzene rings is 1.